The van der Waals surface area contributed by atoms with Gasteiger partial charge in [0.25, 0.3) is 5.91 Å². The zero-order valence-electron chi connectivity index (χ0n) is 19.3. The number of nitrogens with one attached hydrogen (secondary N) is 2. The first-order chi connectivity index (χ1) is 16.5. The number of ether oxygens (including phenoxy) is 2. The second-order valence-corrected chi connectivity index (χ2v) is 10.6. The van der Waals surface area contributed by atoms with E-state index in [-0.39, 0.29) is 57.7 Å². The van der Waals surface area contributed by atoms with E-state index in [1.807, 2.05) is 5.32 Å². The Hall–Kier alpha value is -2.96. The number of halogens is 1. The van der Waals surface area contributed by atoms with E-state index in [4.69, 9.17) is 21.1 Å². The van der Waals surface area contributed by atoms with E-state index in [1.54, 1.807) is 13.8 Å². The average molecular weight is 545 g/mol. The molecule has 0 spiro atoms. The first kappa shape index (κ1) is 28.3. The van der Waals surface area contributed by atoms with Gasteiger partial charge in [-0.1, -0.05) is 11.6 Å². The van der Waals surface area contributed by atoms with Crippen molar-refractivity contribution in [1.29, 1.82) is 0 Å². The molecule has 3 amide bonds. The van der Waals surface area contributed by atoms with Crippen LogP contribution in [0.15, 0.2) is 29.2 Å². The van der Waals surface area contributed by atoms with Gasteiger partial charge in [-0.25, -0.2) is 18.0 Å². The van der Waals surface area contributed by atoms with Crippen molar-refractivity contribution < 1.29 is 37.1 Å². The fraction of sp³-hybridized carbons (Fsp3) is 0.364. The summed E-state index contributed by atoms with van der Waals surface area (Å²) in [6, 6.07) is 5.70. The van der Waals surface area contributed by atoms with Crippen LogP contribution < -0.4 is 10.6 Å². The fourth-order valence-electron chi connectivity index (χ4n) is 2.96. The van der Waals surface area contributed by atoms with Gasteiger partial charge in [0.1, 0.15) is 9.88 Å². The van der Waals surface area contributed by atoms with E-state index < -0.39 is 33.7 Å². The molecule has 0 fully saturated rings. The lowest BCUT2D eigenvalue weighted by Gasteiger charge is -2.08. The summed E-state index contributed by atoms with van der Waals surface area (Å²) in [5.74, 6) is -2.41. The number of sulfone groups is 1. The highest BCUT2D eigenvalue weighted by molar-refractivity contribution is 7.91. The van der Waals surface area contributed by atoms with E-state index in [9.17, 15) is 27.6 Å². The molecule has 1 aromatic carbocycles. The van der Waals surface area contributed by atoms with Crippen LogP contribution in [0.2, 0.25) is 5.02 Å². The number of thiophene rings is 1. The molecule has 2 aromatic rings. The summed E-state index contributed by atoms with van der Waals surface area (Å²) in [4.78, 5) is 49.4. The summed E-state index contributed by atoms with van der Waals surface area (Å²) in [7, 11) is -3.62. The Labute approximate surface area is 211 Å². The number of hydrogen-bond acceptors (Lipinski definition) is 9. The summed E-state index contributed by atoms with van der Waals surface area (Å²) in [5, 5.41) is 5.00. The highest BCUT2D eigenvalue weighted by atomic mass is 35.5. The van der Waals surface area contributed by atoms with Crippen LogP contribution in [0.4, 0.5) is 9.80 Å². The Bertz CT molecular complexity index is 1210. The molecule has 0 unspecified atom stereocenters. The molecule has 0 aliphatic carbocycles. The Kier molecular flexibility index (Phi) is 10.2. The molecule has 0 saturated heterocycles. The van der Waals surface area contributed by atoms with Crippen molar-refractivity contribution in [2.75, 3.05) is 24.3 Å². The SMILES string of the molecule is CCOC(=O)NC(=O)c1c(NC(=O)CCCS(=O)(=O)c2ccc(Cl)cc2)sc(C(=O)OCC)c1C. The molecule has 1 aromatic heterocycles. The topological polar surface area (TPSA) is 145 Å². The van der Waals surface area contributed by atoms with Crippen LogP contribution in [-0.2, 0) is 24.1 Å². The number of carbonyl (C=O) groups excluding carboxylic acids is 4. The molecule has 1 heterocycles. The lowest BCUT2D eigenvalue weighted by Crippen LogP contribution is -2.32. The molecular weight excluding hydrogens is 520 g/mol. The zero-order chi connectivity index (χ0) is 26.2. The van der Waals surface area contributed by atoms with Crippen molar-refractivity contribution >= 4 is 61.7 Å². The monoisotopic (exact) mass is 544 g/mol. The maximum Gasteiger partial charge on any atom is 0.414 e. The van der Waals surface area contributed by atoms with Crippen LogP contribution >= 0.6 is 22.9 Å². The van der Waals surface area contributed by atoms with Gasteiger partial charge >= 0.3 is 12.1 Å². The third-order valence-corrected chi connectivity index (χ3v) is 7.82. The number of amides is 3. The maximum absolute atomic E-state index is 12.7. The molecule has 13 heteroatoms. The molecule has 0 radical (unpaired) electrons. The van der Waals surface area contributed by atoms with Crippen molar-refractivity contribution in [3.05, 3.63) is 45.3 Å². The fourth-order valence-corrected chi connectivity index (χ4v) is 5.51. The van der Waals surface area contributed by atoms with Gasteiger partial charge in [0, 0.05) is 11.4 Å². The summed E-state index contributed by atoms with van der Waals surface area (Å²) < 4.78 is 34.6. The second kappa shape index (κ2) is 12.7. The molecule has 35 heavy (non-hydrogen) atoms. The van der Waals surface area contributed by atoms with Gasteiger partial charge < -0.3 is 14.8 Å². The molecule has 0 saturated carbocycles. The second-order valence-electron chi connectivity index (χ2n) is 7.08. The molecule has 2 N–H and O–H groups in total. The van der Waals surface area contributed by atoms with Crippen LogP contribution in [0.3, 0.4) is 0 Å². The summed E-state index contributed by atoms with van der Waals surface area (Å²) in [5.41, 5.74) is 0.129. The number of benzene rings is 1. The van der Waals surface area contributed by atoms with Gasteiger partial charge in [-0.3, -0.25) is 14.9 Å². The summed E-state index contributed by atoms with van der Waals surface area (Å²) >= 11 is 6.60. The number of esters is 1. The van der Waals surface area contributed by atoms with E-state index >= 15 is 0 Å². The van der Waals surface area contributed by atoms with Crippen molar-refractivity contribution in [3.63, 3.8) is 0 Å². The summed E-state index contributed by atoms with van der Waals surface area (Å²) in [6.07, 6.45) is -1.14. The van der Waals surface area contributed by atoms with Crippen LogP contribution in [0.5, 0.6) is 0 Å². The number of carbonyl (C=O) groups is 4. The number of alkyl carbamates (subject to hydrolysis) is 1. The number of rotatable bonds is 10. The molecule has 190 valence electrons. The van der Waals surface area contributed by atoms with E-state index in [2.05, 4.69) is 5.32 Å². The van der Waals surface area contributed by atoms with Crippen molar-refractivity contribution in [2.45, 2.75) is 38.5 Å². The molecular formula is C22H25ClN2O8S2. The third kappa shape index (κ3) is 7.77. The van der Waals surface area contributed by atoms with Gasteiger partial charge in [0.15, 0.2) is 9.84 Å². The minimum Gasteiger partial charge on any atom is -0.462 e. The van der Waals surface area contributed by atoms with Crippen molar-refractivity contribution in [2.24, 2.45) is 0 Å². The van der Waals surface area contributed by atoms with Crippen molar-refractivity contribution in [3.8, 4) is 0 Å². The average Bonchev–Trinajstić information content (AvgIpc) is 3.10. The standard InChI is InChI=1S/C22H25ClN2O8S2/c1-4-32-21(28)18-13(3)17(19(27)25-22(29)33-5-2)20(34-18)24-16(26)7-6-12-35(30,31)15-10-8-14(23)9-11-15/h8-11H,4-7,12H2,1-3H3,(H,24,26)(H,25,27,29). The van der Waals surface area contributed by atoms with E-state index in [0.29, 0.717) is 5.02 Å². The van der Waals surface area contributed by atoms with Crippen LogP contribution in [0, 0.1) is 6.92 Å². The lowest BCUT2D eigenvalue weighted by molar-refractivity contribution is -0.116. The number of hydrogen-bond donors (Lipinski definition) is 2. The zero-order valence-corrected chi connectivity index (χ0v) is 21.7. The highest BCUT2D eigenvalue weighted by Gasteiger charge is 2.27. The quantitative estimate of drug-likeness (QED) is 0.427. The largest absolute Gasteiger partial charge is 0.462 e. The van der Waals surface area contributed by atoms with Crippen LogP contribution in [0.25, 0.3) is 0 Å². The van der Waals surface area contributed by atoms with Crippen LogP contribution in [0.1, 0.15) is 52.3 Å². The Morgan fingerprint density at radius 2 is 1.66 bits per heavy atom. The van der Waals surface area contributed by atoms with E-state index in [1.165, 1.54) is 31.2 Å². The first-order valence-electron chi connectivity index (χ1n) is 10.6. The normalized spacial score (nSPS) is 11.0. The predicted octanol–water partition coefficient (Wildman–Crippen LogP) is 3.97. The Morgan fingerprint density at radius 1 is 1.03 bits per heavy atom. The van der Waals surface area contributed by atoms with Gasteiger partial charge in [-0.05, 0) is 57.0 Å². The maximum atomic E-state index is 12.7. The number of anilines is 1. The predicted molar refractivity (Wildman–Crippen MR) is 131 cm³/mol. The minimum absolute atomic E-state index is 0.0102. The molecule has 0 bridgehead atoms. The molecule has 0 aliphatic rings. The van der Waals surface area contributed by atoms with Gasteiger partial charge in [0.2, 0.25) is 5.91 Å². The van der Waals surface area contributed by atoms with E-state index in [0.717, 1.165) is 11.3 Å². The molecule has 10 nitrogen and oxygen atoms in total. The molecule has 0 aliphatic heterocycles. The Balaban J connectivity index is 2.15. The van der Waals surface area contributed by atoms with Crippen LogP contribution in [-0.4, -0.2) is 51.3 Å². The molecule has 0 atom stereocenters. The smallest absolute Gasteiger partial charge is 0.414 e. The van der Waals surface area contributed by atoms with Gasteiger partial charge in [-0.15, -0.1) is 11.3 Å². The van der Waals surface area contributed by atoms with Gasteiger partial charge in [-0.2, -0.15) is 0 Å². The first-order valence-corrected chi connectivity index (χ1v) is 13.4. The van der Waals surface area contributed by atoms with Gasteiger partial charge in [0.05, 0.1) is 29.4 Å². The number of imide groups is 1. The Morgan fingerprint density at radius 3 is 2.26 bits per heavy atom. The summed E-state index contributed by atoms with van der Waals surface area (Å²) in [6.45, 7) is 4.81. The molecule has 2 rings (SSSR count). The lowest BCUT2D eigenvalue weighted by atomic mass is 10.1. The third-order valence-electron chi connectivity index (χ3n) is 4.57. The van der Waals surface area contributed by atoms with Crippen molar-refractivity contribution in [1.82, 2.24) is 5.32 Å². The minimum atomic E-state index is -3.62. The highest BCUT2D eigenvalue weighted by Crippen LogP contribution is 2.34.